The minimum atomic E-state index is 0.0972. The lowest BCUT2D eigenvalue weighted by Crippen LogP contribution is -2.01. The second-order valence-electron chi connectivity index (χ2n) is 4.18. The molecule has 0 aliphatic carbocycles. The number of rotatable bonds is 4. The van der Waals surface area contributed by atoms with Crippen molar-refractivity contribution in [3.8, 4) is 0 Å². The Kier molecular flexibility index (Phi) is 4.00. The number of hydrogen-bond acceptors (Lipinski definition) is 2. The zero-order valence-electron chi connectivity index (χ0n) is 9.90. The number of aryl methyl sites for hydroxylation is 1. The normalized spacial score (nSPS) is 10.3. The molecule has 18 heavy (non-hydrogen) atoms. The Morgan fingerprint density at radius 3 is 2.61 bits per heavy atom. The van der Waals surface area contributed by atoms with E-state index in [2.05, 4.69) is 0 Å². The molecule has 2 aromatic carbocycles. The van der Waals surface area contributed by atoms with Gasteiger partial charge < -0.3 is 5.73 Å². The first-order valence-corrected chi connectivity index (χ1v) is 6.16. The van der Waals surface area contributed by atoms with E-state index < -0.39 is 0 Å². The van der Waals surface area contributed by atoms with Gasteiger partial charge in [0, 0.05) is 22.7 Å². The Bertz CT molecular complexity index is 566. The quantitative estimate of drug-likeness (QED) is 0.671. The predicted molar refractivity (Wildman–Crippen MR) is 75.0 cm³/mol. The Balaban J connectivity index is 2.00. The van der Waals surface area contributed by atoms with Crippen LogP contribution in [0.1, 0.15) is 22.3 Å². The van der Waals surface area contributed by atoms with Gasteiger partial charge in [-0.2, -0.15) is 0 Å². The maximum absolute atomic E-state index is 12.0. The Hall–Kier alpha value is -1.80. The molecule has 3 heteroatoms. The van der Waals surface area contributed by atoms with Gasteiger partial charge in [0.25, 0.3) is 0 Å². The molecule has 0 spiro atoms. The molecule has 0 aliphatic rings. The summed E-state index contributed by atoms with van der Waals surface area (Å²) in [4.78, 5) is 12.0. The van der Waals surface area contributed by atoms with E-state index in [0.29, 0.717) is 23.4 Å². The van der Waals surface area contributed by atoms with Crippen LogP contribution in [0.3, 0.4) is 0 Å². The maximum Gasteiger partial charge on any atom is 0.163 e. The van der Waals surface area contributed by atoms with E-state index in [4.69, 9.17) is 17.3 Å². The maximum atomic E-state index is 12.0. The van der Waals surface area contributed by atoms with Crippen molar-refractivity contribution < 1.29 is 4.79 Å². The fraction of sp³-hybridized carbons (Fsp3) is 0.133. The van der Waals surface area contributed by atoms with Crippen LogP contribution in [0.4, 0.5) is 5.69 Å². The molecule has 0 aliphatic heterocycles. The molecule has 0 saturated heterocycles. The van der Waals surface area contributed by atoms with Gasteiger partial charge in [-0.15, -0.1) is 0 Å². The monoisotopic (exact) mass is 259 g/mol. The fourth-order valence-corrected chi connectivity index (χ4v) is 2.00. The first-order valence-electron chi connectivity index (χ1n) is 5.78. The van der Waals surface area contributed by atoms with Crippen molar-refractivity contribution in [2.24, 2.45) is 0 Å². The summed E-state index contributed by atoms with van der Waals surface area (Å²) in [6.45, 7) is 0. The molecular weight excluding hydrogens is 246 g/mol. The van der Waals surface area contributed by atoms with E-state index in [1.807, 2.05) is 24.3 Å². The molecule has 0 unspecified atom stereocenters. The Morgan fingerprint density at radius 2 is 1.89 bits per heavy atom. The number of nitrogen functional groups attached to an aromatic ring is 1. The van der Waals surface area contributed by atoms with Crippen molar-refractivity contribution in [2.45, 2.75) is 12.8 Å². The summed E-state index contributed by atoms with van der Waals surface area (Å²) < 4.78 is 0. The van der Waals surface area contributed by atoms with E-state index in [9.17, 15) is 4.79 Å². The number of benzene rings is 2. The highest BCUT2D eigenvalue weighted by Gasteiger charge is 2.06. The van der Waals surface area contributed by atoms with Crippen molar-refractivity contribution in [3.05, 3.63) is 64.7 Å². The molecule has 0 fully saturated rings. The molecule has 0 saturated carbocycles. The van der Waals surface area contributed by atoms with Crippen LogP contribution >= 0.6 is 11.6 Å². The summed E-state index contributed by atoms with van der Waals surface area (Å²) in [5.74, 6) is 0.0972. The first-order chi connectivity index (χ1) is 8.65. The van der Waals surface area contributed by atoms with Gasteiger partial charge >= 0.3 is 0 Å². The van der Waals surface area contributed by atoms with Crippen LogP contribution in [0.15, 0.2) is 48.5 Å². The highest BCUT2D eigenvalue weighted by atomic mass is 35.5. The van der Waals surface area contributed by atoms with Crippen LogP contribution in [0.25, 0.3) is 0 Å². The molecule has 2 N–H and O–H groups in total. The van der Waals surface area contributed by atoms with Crippen LogP contribution in [0, 0.1) is 0 Å². The standard InChI is InChI=1S/C15H14ClNO/c16-13-5-2-4-12(10-13)15(18)8-7-11-3-1-6-14(17)9-11/h1-6,9-10H,7-8,17H2. The number of Topliss-reactive ketones (excluding diaryl/α,β-unsaturated/α-hetero) is 1. The molecule has 2 aromatic rings. The number of ketones is 1. The minimum Gasteiger partial charge on any atom is -0.399 e. The minimum absolute atomic E-state index is 0.0972. The first kappa shape index (κ1) is 12.7. The highest BCUT2D eigenvalue weighted by Crippen LogP contribution is 2.14. The molecule has 2 nitrogen and oxygen atoms in total. The van der Waals surface area contributed by atoms with Crippen molar-refractivity contribution >= 4 is 23.1 Å². The Morgan fingerprint density at radius 1 is 1.11 bits per heavy atom. The summed E-state index contributed by atoms with van der Waals surface area (Å²) in [7, 11) is 0. The van der Waals surface area contributed by atoms with Gasteiger partial charge in [-0.3, -0.25) is 4.79 Å². The number of carbonyl (C=O) groups excluding carboxylic acids is 1. The average molecular weight is 260 g/mol. The highest BCUT2D eigenvalue weighted by molar-refractivity contribution is 6.31. The zero-order valence-corrected chi connectivity index (χ0v) is 10.7. The van der Waals surface area contributed by atoms with Gasteiger partial charge in [-0.05, 0) is 36.2 Å². The lowest BCUT2D eigenvalue weighted by Gasteiger charge is -2.03. The molecule has 0 bridgehead atoms. The molecule has 0 heterocycles. The summed E-state index contributed by atoms with van der Waals surface area (Å²) in [5, 5.41) is 0.588. The number of nitrogens with two attached hydrogens (primary N) is 1. The summed E-state index contributed by atoms with van der Waals surface area (Å²) >= 11 is 5.86. The molecule has 0 radical (unpaired) electrons. The van der Waals surface area contributed by atoms with E-state index in [1.165, 1.54) is 0 Å². The zero-order chi connectivity index (χ0) is 13.0. The van der Waals surface area contributed by atoms with Gasteiger partial charge in [0.15, 0.2) is 5.78 Å². The SMILES string of the molecule is Nc1cccc(CCC(=O)c2cccc(Cl)c2)c1. The smallest absolute Gasteiger partial charge is 0.163 e. The van der Waals surface area contributed by atoms with E-state index in [0.717, 1.165) is 11.3 Å². The number of halogens is 1. The van der Waals surface area contributed by atoms with Crippen molar-refractivity contribution in [2.75, 3.05) is 5.73 Å². The lowest BCUT2D eigenvalue weighted by atomic mass is 10.0. The van der Waals surface area contributed by atoms with Crippen LogP contribution in [-0.4, -0.2) is 5.78 Å². The third-order valence-electron chi connectivity index (χ3n) is 2.74. The van der Waals surface area contributed by atoms with E-state index in [1.54, 1.807) is 24.3 Å². The molecule has 0 amide bonds. The molecule has 2 rings (SSSR count). The largest absolute Gasteiger partial charge is 0.399 e. The Labute approximate surface area is 111 Å². The summed E-state index contributed by atoms with van der Waals surface area (Å²) in [6, 6.07) is 14.6. The fourth-order valence-electron chi connectivity index (χ4n) is 1.81. The molecule has 0 atom stereocenters. The van der Waals surface area contributed by atoms with Gasteiger partial charge in [0.1, 0.15) is 0 Å². The molecule has 92 valence electrons. The number of hydrogen-bond donors (Lipinski definition) is 1. The number of anilines is 1. The summed E-state index contributed by atoms with van der Waals surface area (Å²) in [6.07, 6.45) is 1.15. The van der Waals surface area contributed by atoms with Crippen LogP contribution in [0.2, 0.25) is 5.02 Å². The van der Waals surface area contributed by atoms with Crippen LogP contribution in [0.5, 0.6) is 0 Å². The topological polar surface area (TPSA) is 43.1 Å². The van der Waals surface area contributed by atoms with Crippen LogP contribution < -0.4 is 5.73 Å². The second kappa shape index (κ2) is 5.69. The van der Waals surface area contributed by atoms with E-state index >= 15 is 0 Å². The van der Waals surface area contributed by atoms with Gasteiger partial charge in [0.05, 0.1) is 0 Å². The lowest BCUT2D eigenvalue weighted by molar-refractivity contribution is 0.0983. The van der Waals surface area contributed by atoms with Gasteiger partial charge in [0.2, 0.25) is 0 Å². The molecule has 0 aromatic heterocycles. The third kappa shape index (κ3) is 3.34. The van der Waals surface area contributed by atoms with Gasteiger partial charge in [-0.25, -0.2) is 0 Å². The van der Waals surface area contributed by atoms with Crippen LogP contribution in [-0.2, 0) is 6.42 Å². The van der Waals surface area contributed by atoms with Crippen molar-refractivity contribution in [3.63, 3.8) is 0 Å². The number of carbonyl (C=O) groups is 1. The predicted octanol–water partition coefficient (Wildman–Crippen LogP) is 3.74. The summed E-state index contributed by atoms with van der Waals surface area (Å²) in [5.41, 5.74) is 8.15. The van der Waals surface area contributed by atoms with Crippen molar-refractivity contribution in [1.29, 1.82) is 0 Å². The third-order valence-corrected chi connectivity index (χ3v) is 2.97. The van der Waals surface area contributed by atoms with E-state index in [-0.39, 0.29) is 5.78 Å². The molecular formula is C15H14ClNO. The van der Waals surface area contributed by atoms with Crippen molar-refractivity contribution in [1.82, 2.24) is 0 Å². The van der Waals surface area contributed by atoms with Gasteiger partial charge in [-0.1, -0.05) is 35.9 Å². The average Bonchev–Trinajstić information content (AvgIpc) is 2.36. The second-order valence-corrected chi connectivity index (χ2v) is 4.61.